The second kappa shape index (κ2) is 1.47. The van der Waals surface area contributed by atoms with Gasteiger partial charge < -0.3 is 4.52 Å². The Morgan fingerprint density at radius 3 is 3.20 bits per heavy atom. The summed E-state index contributed by atoms with van der Waals surface area (Å²) in [6.07, 6.45) is 1.60. The van der Waals surface area contributed by atoms with Gasteiger partial charge in [0.1, 0.15) is 5.52 Å². The zero-order chi connectivity index (χ0) is 7.14. The molecule has 0 aliphatic heterocycles. The van der Waals surface area contributed by atoms with E-state index >= 15 is 0 Å². The van der Waals surface area contributed by atoms with Gasteiger partial charge in [-0.2, -0.15) is 0 Å². The molecule has 2 aromatic heterocycles. The summed E-state index contributed by atoms with van der Waals surface area (Å²) < 4.78 is 6.10. The predicted molar refractivity (Wildman–Crippen MR) is 34.1 cm³/mol. The fraction of sp³-hybridized carbons (Fsp3) is 0. The molecule has 2 heterocycles. The molecule has 0 radical (unpaired) electrons. The van der Waals surface area contributed by atoms with Crippen molar-refractivity contribution in [2.75, 3.05) is 0 Å². The molecule has 0 aliphatic rings. The highest BCUT2D eigenvalue weighted by Crippen LogP contribution is 1.87. The molecule has 4 nitrogen and oxygen atoms in total. The number of fused-ring (bicyclic) bond motifs is 1. The summed E-state index contributed by atoms with van der Waals surface area (Å²) in [7, 11) is 0. The van der Waals surface area contributed by atoms with Gasteiger partial charge in [0.2, 0.25) is 5.55 Å². The molecule has 4 heteroatoms. The van der Waals surface area contributed by atoms with Crippen molar-refractivity contribution < 1.29 is 4.52 Å². The lowest BCUT2D eigenvalue weighted by Gasteiger charge is -1.72. The Kier molecular flexibility index (Phi) is 0.768. The van der Waals surface area contributed by atoms with Crippen molar-refractivity contribution in [3.8, 4) is 0 Å². The molecule has 50 valence electrons. The van der Waals surface area contributed by atoms with E-state index in [4.69, 9.17) is 9.93 Å². The number of hydrogen-bond acceptors (Lipinski definition) is 3. The van der Waals surface area contributed by atoms with Crippen LogP contribution in [0.25, 0.3) is 12.1 Å². The second-order valence-corrected chi connectivity index (χ2v) is 2.03. The average molecular weight is 135 g/mol. The molecule has 10 heavy (non-hydrogen) atoms. The van der Waals surface area contributed by atoms with Crippen LogP contribution in [0.5, 0.6) is 0 Å². The minimum atomic E-state index is 0.105. The third-order valence-electron chi connectivity index (χ3n) is 1.31. The SMILES string of the molecule is C=c1cnn2oc(=N)cc12. The Morgan fingerprint density at radius 2 is 2.50 bits per heavy atom. The lowest BCUT2D eigenvalue weighted by atomic mass is 10.4. The molecule has 0 aliphatic carbocycles. The van der Waals surface area contributed by atoms with E-state index < -0.39 is 0 Å². The Balaban J connectivity index is 3.18. The van der Waals surface area contributed by atoms with Gasteiger partial charge in [-0.15, -0.1) is 5.10 Å². The minimum absolute atomic E-state index is 0.105. The van der Waals surface area contributed by atoms with Gasteiger partial charge in [0, 0.05) is 11.3 Å². The molecule has 0 aromatic carbocycles. The third kappa shape index (κ3) is 0.500. The summed E-state index contributed by atoms with van der Waals surface area (Å²) in [5.41, 5.74) is 0.859. The molecule has 1 N–H and O–H groups in total. The maximum Gasteiger partial charge on any atom is 0.243 e. The molecule has 0 fully saturated rings. The topological polar surface area (TPSA) is 54.3 Å². The average Bonchev–Trinajstić information content (AvgIpc) is 2.35. The third-order valence-corrected chi connectivity index (χ3v) is 1.31. The van der Waals surface area contributed by atoms with E-state index in [-0.39, 0.29) is 5.55 Å². The van der Waals surface area contributed by atoms with Crippen LogP contribution >= 0.6 is 0 Å². The second-order valence-electron chi connectivity index (χ2n) is 2.03. The fourth-order valence-corrected chi connectivity index (χ4v) is 0.838. The fourth-order valence-electron chi connectivity index (χ4n) is 0.838. The van der Waals surface area contributed by atoms with E-state index in [0.717, 1.165) is 10.7 Å². The van der Waals surface area contributed by atoms with Crippen LogP contribution in [-0.2, 0) is 0 Å². The first-order valence-electron chi connectivity index (χ1n) is 2.79. The lowest BCUT2D eigenvalue weighted by molar-refractivity contribution is 0.304. The van der Waals surface area contributed by atoms with Crippen LogP contribution < -0.4 is 10.8 Å². The van der Waals surface area contributed by atoms with Crippen molar-refractivity contribution in [2.24, 2.45) is 0 Å². The Labute approximate surface area is 55.8 Å². The first-order valence-corrected chi connectivity index (χ1v) is 2.79. The van der Waals surface area contributed by atoms with Gasteiger partial charge in [0.25, 0.3) is 0 Å². The summed E-state index contributed by atoms with van der Waals surface area (Å²) >= 11 is 0. The number of rotatable bonds is 0. The van der Waals surface area contributed by atoms with Crippen LogP contribution in [-0.4, -0.2) is 9.79 Å². The lowest BCUT2D eigenvalue weighted by Crippen LogP contribution is -1.92. The van der Waals surface area contributed by atoms with Crippen molar-refractivity contribution in [3.63, 3.8) is 0 Å². The molecule has 0 spiro atoms. The standard InChI is InChI=1S/C6H5N3O/c1-4-3-8-9-5(4)2-6(7)10-9/h2-3,7H,1H2. The molecule has 2 aromatic rings. The normalized spacial score (nSPS) is 10.8. The van der Waals surface area contributed by atoms with Crippen LogP contribution in [0.15, 0.2) is 16.8 Å². The molecule has 0 saturated heterocycles. The van der Waals surface area contributed by atoms with Crippen LogP contribution in [0.2, 0.25) is 0 Å². The number of nitrogens with one attached hydrogen (secondary N) is 1. The summed E-state index contributed by atoms with van der Waals surface area (Å²) in [6, 6.07) is 1.58. The first kappa shape index (κ1) is 5.22. The van der Waals surface area contributed by atoms with Gasteiger partial charge in [-0.3, -0.25) is 5.41 Å². The number of hydrogen-bond donors (Lipinski definition) is 1. The van der Waals surface area contributed by atoms with Crippen LogP contribution in [0.1, 0.15) is 0 Å². The molecule has 2 rings (SSSR count). The zero-order valence-corrected chi connectivity index (χ0v) is 5.16. The largest absolute Gasteiger partial charge is 0.338 e. The highest BCUT2D eigenvalue weighted by atomic mass is 16.5. The van der Waals surface area contributed by atoms with E-state index in [9.17, 15) is 0 Å². The van der Waals surface area contributed by atoms with Crippen molar-refractivity contribution in [1.82, 2.24) is 9.79 Å². The molecule has 0 amide bonds. The van der Waals surface area contributed by atoms with Crippen LogP contribution in [0, 0.1) is 5.41 Å². The zero-order valence-electron chi connectivity index (χ0n) is 5.16. The molecule has 0 atom stereocenters. The molecule has 0 unspecified atom stereocenters. The summed E-state index contributed by atoms with van der Waals surface area (Å²) in [6.45, 7) is 3.70. The predicted octanol–water partition coefficient (Wildman–Crippen LogP) is -0.464. The van der Waals surface area contributed by atoms with Crippen molar-refractivity contribution in [3.05, 3.63) is 23.0 Å². The van der Waals surface area contributed by atoms with Gasteiger partial charge in [-0.25, -0.2) is 0 Å². The van der Waals surface area contributed by atoms with E-state index in [2.05, 4.69) is 11.7 Å². The summed E-state index contributed by atoms with van der Waals surface area (Å²) in [4.78, 5) is 0. The first-order chi connectivity index (χ1) is 4.77. The summed E-state index contributed by atoms with van der Waals surface area (Å²) in [5.74, 6) is 0. The number of aromatic nitrogens is 2. The molecular formula is C6H5N3O. The van der Waals surface area contributed by atoms with E-state index in [1.54, 1.807) is 12.3 Å². The highest BCUT2D eigenvalue weighted by molar-refractivity contribution is 5.45. The minimum Gasteiger partial charge on any atom is -0.338 e. The van der Waals surface area contributed by atoms with E-state index in [1.807, 2.05) is 0 Å². The smallest absolute Gasteiger partial charge is 0.243 e. The van der Waals surface area contributed by atoms with Gasteiger partial charge in [-0.05, 0) is 0 Å². The maximum atomic E-state index is 7.08. The van der Waals surface area contributed by atoms with Crippen molar-refractivity contribution in [1.29, 1.82) is 5.41 Å². The molecule has 0 bridgehead atoms. The van der Waals surface area contributed by atoms with Gasteiger partial charge in [0.15, 0.2) is 0 Å². The van der Waals surface area contributed by atoms with Gasteiger partial charge in [0.05, 0.1) is 6.20 Å². The van der Waals surface area contributed by atoms with Crippen LogP contribution in [0.3, 0.4) is 0 Å². The Bertz CT molecular complexity index is 453. The highest BCUT2D eigenvalue weighted by Gasteiger charge is 1.97. The summed E-state index contributed by atoms with van der Waals surface area (Å²) in [5, 5.41) is 11.7. The maximum absolute atomic E-state index is 7.08. The van der Waals surface area contributed by atoms with Crippen LogP contribution in [0.4, 0.5) is 0 Å². The van der Waals surface area contributed by atoms with E-state index in [1.165, 1.54) is 4.69 Å². The molecular weight excluding hydrogens is 130 g/mol. The monoisotopic (exact) mass is 135 g/mol. The molecule has 0 saturated carbocycles. The Hall–Kier alpha value is -1.58. The van der Waals surface area contributed by atoms with Gasteiger partial charge >= 0.3 is 0 Å². The van der Waals surface area contributed by atoms with E-state index in [0.29, 0.717) is 0 Å². The number of nitrogens with zero attached hydrogens (tertiary/aromatic N) is 2. The quantitative estimate of drug-likeness (QED) is 0.531. The van der Waals surface area contributed by atoms with Crippen molar-refractivity contribution in [2.45, 2.75) is 0 Å². The Morgan fingerprint density at radius 1 is 1.70 bits per heavy atom. The van der Waals surface area contributed by atoms with Gasteiger partial charge in [-0.1, -0.05) is 11.3 Å². The van der Waals surface area contributed by atoms with Crippen molar-refractivity contribution >= 4 is 12.1 Å².